The molecule has 0 bridgehead atoms. The lowest BCUT2D eigenvalue weighted by Gasteiger charge is -2.24. The van der Waals surface area contributed by atoms with Gasteiger partial charge in [0.1, 0.15) is 11.8 Å². The Morgan fingerprint density at radius 3 is 2.60 bits per heavy atom. The lowest BCUT2D eigenvalue weighted by molar-refractivity contribution is -0.142. The van der Waals surface area contributed by atoms with Gasteiger partial charge >= 0.3 is 5.97 Å². The summed E-state index contributed by atoms with van der Waals surface area (Å²) in [5.41, 5.74) is 0.168. The second kappa shape index (κ2) is 6.04. The van der Waals surface area contributed by atoms with Gasteiger partial charge in [-0.05, 0) is 69.7 Å². The summed E-state index contributed by atoms with van der Waals surface area (Å²) in [7, 11) is 0. The largest absolute Gasteiger partial charge is 0.506 e. The van der Waals surface area contributed by atoms with E-state index < -0.39 is 17.9 Å². The first-order valence-corrected chi connectivity index (χ1v) is 8.20. The normalized spacial score (nSPS) is 22.1. The van der Waals surface area contributed by atoms with Crippen molar-refractivity contribution in [1.82, 2.24) is 4.90 Å². The van der Waals surface area contributed by atoms with Gasteiger partial charge in [-0.2, -0.15) is 0 Å². The van der Waals surface area contributed by atoms with Crippen LogP contribution in [0.1, 0.15) is 23.7 Å². The molecule has 0 aliphatic carbocycles. The zero-order valence-corrected chi connectivity index (χ0v) is 15.0. The molecule has 1 amide bonds. The molecular formula is C13H13I2NO4. The molecule has 1 aromatic carbocycles. The predicted molar refractivity (Wildman–Crippen MR) is 89.8 cm³/mol. The Bertz CT molecular complexity index is 576. The smallest absolute Gasteiger partial charge is 0.326 e. The van der Waals surface area contributed by atoms with E-state index in [2.05, 4.69) is 22.6 Å². The summed E-state index contributed by atoms with van der Waals surface area (Å²) >= 11 is 4.02. The molecular weight excluding hydrogens is 488 g/mol. The Kier molecular flexibility index (Phi) is 4.77. The van der Waals surface area contributed by atoms with Crippen LogP contribution in [0.3, 0.4) is 0 Å². The molecule has 1 aliphatic rings. The van der Waals surface area contributed by atoms with Gasteiger partial charge in [0.2, 0.25) is 0 Å². The van der Waals surface area contributed by atoms with Crippen molar-refractivity contribution in [3.05, 3.63) is 24.8 Å². The number of carboxylic acids is 1. The third kappa shape index (κ3) is 2.87. The Balaban J connectivity index is 2.39. The number of phenolic OH excluding ortho intramolecular Hbond substituents is 1. The molecule has 1 aliphatic heterocycles. The predicted octanol–water partition coefficient (Wildman–Crippen LogP) is 2.54. The van der Waals surface area contributed by atoms with Crippen LogP contribution in [-0.2, 0) is 4.79 Å². The van der Waals surface area contributed by atoms with Crippen LogP contribution in [0.5, 0.6) is 5.75 Å². The molecule has 2 atom stereocenters. The van der Waals surface area contributed by atoms with Gasteiger partial charge in [-0.15, -0.1) is 0 Å². The number of hydrogen-bond acceptors (Lipinski definition) is 3. The molecule has 0 aromatic heterocycles. The van der Waals surface area contributed by atoms with Crippen LogP contribution in [0.15, 0.2) is 12.1 Å². The number of aromatic hydroxyl groups is 1. The van der Waals surface area contributed by atoms with E-state index >= 15 is 0 Å². The average Bonchev–Trinajstić information content (AvgIpc) is 2.75. The molecule has 2 unspecified atom stereocenters. The van der Waals surface area contributed by atoms with E-state index in [-0.39, 0.29) is 17.2 Å². The van der Waals surface area contributed by atoms with Crippen LogP contribution >= 0.6 is 45.2 Å². The topological polar surface area (TPSA) is 77.8 Å². The number of halogens is 2. The second-order valence-electron chi connectivity index (χ2n) is 4.83. The van der Waals surface area contributed by atoms with Crippen molar-refractivity contribution >= 4 is 57.1 Å². The van der Waals surface area contributed by atoms with E-state index in [1.807, 2.05) is 29.5 Å². The van der Waals surface area contributed by atoms with Gasteiger partial charge < -0.3 is 15.1 Å². The molecule has 1 heterocycles. The zero-order chi connectivity index (χ0) is 15.0. The molecule has 2 rings (SSSR count). The van der Waals surface area contributed by atoms with Crippen molar-refractivity contribution in [2.24, 2.45) is 5.92 Å². The lowest BCUT2D eigenvalue weighted by atomic mass is 10.0. The summed E-state index contributed by atoms with van der Waals surface area (Å²) in [4.78, 5) is 25.2. The molecule has 5 nitrogen and oxygen atoms in total. The van der Waals surface area contributed by atoms with Crippen molar-refractivity contribution in [2.45, 2.75) is 19.4 Å². The highest BCUT2D eigenvalue weighted by molar-refractivity contribution is 14.1. The zero-order valence-electron chi connectivity index (χ0n) is 10.6. The third-order valence-corrected chi connectivity index (χ3v) is 4.92. The molecule has 2 N–H and O–H groups in total. The first-order chi connectivity index (χ1) is 9.32. The van der Waals surface area contributed by atoms with Gasteiger partial charge in [-0.1, -0.05) is 6.92 Å². The van der Waals surface area contributed by atoms with Gasteiger partial charge in [0.25, 0.3) is 5.91 Å². The van der Waals surface area contributed by atoms with E-state index in [1.165, 1.54) is 4.90 Å². The fraction of sp³-hybridized carbons (Fsp3) is 0.385. The number of amides is 1. The highest BCUT2D eigenvalue weighted by atomic mass is 127. The first-order valence-electron chi connectivity index (χ1n) is 6.04. The number of carbonyl (C=O) groups is 2. The maximum atomic E-state index is 12.5. The SMILES string of the molecule is CC1CCN(C(=O)c2cc(I)cc(I)c2O)C1C(=O)O. The number of benzene rings is 1. The molecule has 0 radical (unpaired) electrons. The fourth-order valence-electron chi connectivity index (χ4n) is 2.44. The highest BCUT2D eigenvalue weighted by Gasteiger charge is 2.40. The first kappa shape index (κ1) is 15.8. The summed E-state index contributed by atoms with van der Waals surface area (Å²) in [6, 6.07) is 2.52. The van der Waals surface area contributed by atoms with E-state index in [4.69, 9.17) is 0 Å². The monoisotopic (exact) mass is 501 g/mol. The number of aliphatic carboxylic acids is 1. The minimum Gasteiger partial charge on any atom is -0.506 e. The number of likely N-dealkylation sites (tertiary alicyclic amines) is 1. The Labute approximate surface area is 143 Å². The van der Waals surface area contributed by atoms with Crippen LogP contribution in [0.25, 0.3) is 0 Å². The summed E-state index contributed by atoms with van der Waals surface area (Å²) in [5.74, 6) is -1.58. The second-order valence-corrected chi connectivity index (χ2v) is 7.24. The molecule has 7 heteroatoms. The number of hydrogen-bond donors (Lipinski definition) is 2. The van der Waals surface area contributed by atoms with Gasteiger partial charge in [0, 0.05) is 10.1 Å². The summed E-state index contributed by atoms with van der Waals surface area (Å²) in [6.45, 7) is 2.23. The van der Waals surface area contributed by atoms with Crippen molar-refractivity contribution in [3.8, 4) is 5.75 Å². The number of rotatable bonds is 2. The summed E-state index contributed by atoms with van der Waals surface area (Å²) in [5, 5.41) is 19.3. The van der Waals surface area contributed by atoms with Gasteiger partial charge in [0.05, 0.1) is 9.13 Å². The lowest BCUT2D eigenvalue weighted by Crippen LogP contribution is -2.42. The van der Waals surface area contributed by atoms with E-state index in [1.54, 1.807) is 12.1 Å². The molecule has 20 heavy (non-hydrogen) atoms. The van der Waals surface area contributed by atoms with E-state index in [0.717, 1.165) is 3.57 Å². The van der Waals surface area contributed by atoms with Gasteiger partial charge in [-0.25, -0.2) is 4.79 Å². The maximum absolute atomic E-state index is 12.5. The molecule has 1 saturated heterocycles. The van der Waals surface area contributed by atoms with Crippen LogP contribution < -0.4 is 0 Å². The van der Waals surface area contributed by atoms with E-state index in [9.17, 15) is 19.8 Å². The van der Waals surface area contributed by atoms with Gasteiger partial charge in [0.15, 0.2) is 0 Å². The minimum absolute atomic E-state index is 0.0829. The van der Waals surface area contributed by atoms with Crippen LogP contribution in [0, 0.1) is 13.1 Å². The number of carboxylic acid groups (broad SMARTS) is 1. The van der Waals surface area contributed by atoms with Crippen LogP contribution in [0.2, 0.25) is 0 Å². The number of phenols is 1. The standard InChI is InChI=1S/C13H13I2NO4/c1-6-2-3-16(10(6)13(19)20)12(18)8-4-7(14)5-9(15)11(8)17/h4-6,10,17H,2-3H2,1H3,(H,19,20). The average molecular weight is 501 g/mol. The quantitative estimate of drug-likeness (QED) is 0.612. The van der Waals surface area contributed by atoms with Crippen LogP contribution in [-0.4, -0.2) is 39.6 Å². The Morgan fingerprint density at radius 1 is 1.35 bits per heavy atom. The minimum atomic E-state index is -0.997. The molecule has 1 fully saturated rings. The van der Waals surface area contributed by atoms with Crippen molar-refractivity contribution in [3.63, 3.8) is 0 Å². The maximum Gasteiger partial charge on any atom is 0.326 e. The third-order valence-electron chi connectivity index (χ3n) is 3.47. The summed E-state index contributed by atoms with van der Waals surface area (Å²) < 4.78 is 1.41. The van der Waals surface area contributed by atoms with Crippen molar-refractivity contribution in [2.75, 3.05) is 6.54 Å². The Morgan fingerprint density at radius 2 is 2.00 bits per heavy atom. The van der Waals surface area contributed by atoms with E-state index in [0.29, 0.717) is 16.5 Å². The van der Waals surface area contributed by atoms with Crippen molar-refractivity contribution in [1.29, 1.82) is 0 Å². The highest BCUT2D eigenvalue weighted by Crippen LogP contribution is 2.31. The van der Waals surface area contributed by atoms with Crippen LogP contribution in [0.4, 0.5) is 0 Å². The fourth-order valence-corrected chi connectivity index (χ4v) is 4.28. The molecule has 1 aromatic rings. The summed E-state index contributed by atoms with van der Waals surface area (Å²) in [6.07, 6.45) is 0.657. The number of nitrogens with zero attached hydrogens (tertiary/aromatic N) is 1. The molecule has 0 spiro atoms. The van der Waals surface area contributed by atoms with Gasteiger partial charge in [-0.3, -0.25) is 4.79 Å². The molecule has 0 saturated carbocycles. The molecule has 108 valence electrons. The Hall–Kier alpha value is -0.580. The van der Waals surface area contributed by atoms with Crippen molar-refractivity contribution < 1.29 is 19.8 Å². The number of carbonyl (C=O) groups excluding carboxylic acids is 1.